The van der Waals surface area contributed by atoms with E-state index in [9.17, 15) is 4.79 Å². The summed E-state index contributed by atoms with van der Waals surface area (Å²) in [4.78, 5) is 11.6. The van der Waals surface area contributed by atoms with Crippen molar-refractivity contribution in [3.8, 4) is 0 Å². The van der Waals surface area contributed by atoms with E-state index in [4.69, 9.17) is 15.2 Å². The third-order valence-electron chi connectivity index (χ3n) is 3.87. The van der Waals surface area contributed by atoms with Crippen molar-refractivity contribution in [2.45, 2.75) is 25.8 Å². The number of esters is 1. The molecule has 1 saturated heterocycles. The molecule has 110 valence electrons. The fraction of sp³-hybridized carbons (Fsp3) is 0.533. The lowest BCUT2D eigenvalue weighted by molar-refractivity contribution is 0.0602. The average molecular weight is 278 g/mol. The van der Waals surface area contributed by atoms with Crippen LogP contribution in [0.1, 0.15) is 30.1 Å². The summed E-state index contributed by atoms with van der Waals surface area (Å²) in [6.45, 7) is 3.77. The van der Waals surface area contributed by atoms with Crippen LogP contribution in [-0.4, -0.2) is 32.3 Å². The maximum atomic E-state index is 11.6. The van der Waals surface area contributed by atoms with E-state index < -0.39 is 5.97 Å². The Morgan fingerprint density at radius 3 is 2.80 bits per heavy atom. The summed E-state index contributed by atoms with van der Waals surface area (Å²) in [7, 11) is 1.35. The van der Waals surface area contributed by atoms with Crippen LogP contribution in [0.25, 0.3) is 0 Å². The summed E-state index contributed by atoms with van der Waals surface area (Å²) in [6.07, 6.45) is 2.09. The van der Waals surface area contributed by atoms with E-state index in [0.717, 1.165) is 31.7 Å². The highest BCUT2D eigenvalue weighted by molar-refractivity contribution is 5.98. The highest BCUT2D eigenvalue weighted by atomic mass is 16.5. The highest BCUT2D eigenvalue weighted by Gasteiger charge is 2.21. The molecule has 0 radical (unpaired) electrons. The van der Waals surface area contributed by atoms with Crippen molar-refractivity contribution in [2.75, 3.05) is 31.4 Å². The highest BCUT2D eigenvalue weighted by Crippen LogP contribution is 2.27. The normalized spacial score (nSPS) is 17.5. The van der Waals surface area contributed by atoms with Crippen LogP contribution >= 0.6 is 0 Å². The van der Waals surface area contributed by atoms with Crippen LogP contribution < -0.4 is 11.1 Å². The number of nitrogens with two attached hydrogens (primary N) is 1. The summed E-state index contributed by atoms with van der Waals surface area (Å²) in [5.74, 6) is 0.148. The lowest BCUT2D eigenvalue weighted by Gasteiger charge is -2.29. The molecule has 1 aliphatic heterocycles. The standard InChI is InChI=1S/C15H22N2O3/c1-10(11-6-8-20-9-7-11)17-13-5-3-4-12(14(13)16)15(18)19-2/h3-5,10-11,17H,6-9,16H2,1-2H3. The maximum Gasteiger partial charge on any atom is 0.340 e. The molecule has 0 bridgehead atoms. The molecule has 20 heavy (non-hydrogen) atoms. The molecule has 2 rings (SSSR count). The predicted molar refractivity (Wildman–Crippen MR) is 78.8 cm³/mol. The lowest BCUT2D eigenvalue weighted by atomic mass is 9.92. The molecule has 1 unspecified atom stereocenters. The topological polar surface area (TPSA) is 73.6 Å². The molecule has 3 N–H and O–H groups in total. The Balaban J connectivity index is 2.10. The molecule has 0 spiro atoms. The van der Waals surface area contributed by atoms with Gasteiger partial charge < -0.3 is 20.5 Å². The quantitative estimate of drug-likeness (QED) is 0.653. The first-order valence-electron chi connectivity index (χ1n) is 6.94. The van der Waals surface area contributed by atoms with Crippen molar-refractivity contribution in [2.24, 2.45) is 5.92 Å². The first-order chi connectivity index (χ1) is 9.63. The zero-order valence-electron chi connectivity index (χ0n) is 12.0. The van der Waals surface area contributed by atoms with E-state index in [2.05, 4.69) is 12.2 Å². The van der Waals surface area contributed by atoms with Gasteiger partial charge in [0.15, 0.2) is 0 Å². The van der Waals surface area contributed by atoms with Gasteiger partial charge in [-0.2, -0.15) is 0 Å². The number of benzene rings is 1. The zero-order chi connectivity index (χ0) is 14.5. The number of para-hydroxylation sites is 1. The number of rotatable bonds is 4. The number of carbonyl (C=O) groups is 1. The maximum absolute atomic E-state index is 11.6. The van der Waals surface area contributed by atoms with Crippen LogP contribution in [0.2, 0.25) is 0 Å². The van der Waals surface area contributed by atoms with Crippen molar-refractivity contribution in [3.63, 3.8) is 0 Å². The van der Waals surface area contributed by atoms with Crippen molar-refractivity contribution in [1.82, 2.24) is 0 Å². The van der Waals surface area contributed by atoms with E-state index in [0.29, 0.717) is 17.2 Å². The van der Waals surface area contributed by atoms with E-state index in [1.54, 1.807) is 6.07 Å². The number of carbonyl (C=O) groups excluding carboxylic acids is 1. The largest absolute Gasteiger partial charge is 0.465 e. The van der Waals surface area contributed by atoms with Crippen molar-refractivity contribution in [1.29, 1.82) is 0 Å². The van der Waals surface area contributed by atoms with Crippen LogP contribution in [0.4, 0.5) is 11.4 Å². The monoisotopic (exact) mass is 278 g/mol. The summed E-state index contributed by atoms with van der Waals surface area (Å²) < 4.78 is 10.1. The Bertz CT molecular complexity index is 470. The summed E-state index contributed by atoms with van der Waals surface area (Å²) in [5, 5.41) is 3.41. The van der Waals surface area contributed by atoms with E-state index in [1.807, 2.05) is 12.1 Å². The molecule has 1 atom stereocenters. The second kappa shape index (κ2) is 6.61. The molecule has 5 heteroatoms. The van der Waals surface area contributed by atoms with Gasteiger partial charge in [0.25, 0.3) is 0 Å². The third-order valence-corrected chi connectivity index (χ3v) is 3.87. The first kappa shape index (κ1) is 14.7. The Morgan fingerprint density at radius 1 is 1.45 bits per heavy atom. The van der Waals surface area contributed by atoms with Gasteiger partial charge >= 0.3 is 5.97 Å². The Labute approximate surface area is 119 Å². The van der Waals surface area contributed by atoms with Crippen molar-refractivity contribution in [3.05, 3.63) is 23.8 Å². The molecule has 0 aliphatic carbocycles. The summed E-state index contributed by atoms with van der Waals surface area (Å²) >= 11 is 0. The molecule has 0 saturated carbocycles. The number of hydrogen-bond acceptors (Lipinski definition) is 5. The molecule has 0 aromatic heterocycles. The molecule has 1 fully saturated rings. The zero-order valence-corrected chi connectivity index (χ0v) is 12.0. The number of hydrogen-bond donors (Lipinski definition) is 2. The minimum absolute atomic E-state index is 0.286. The predicted octanol–water partition coefficient (Wildman–Crippen LogP) is 2.28. The molecule has 1 aromatic carbocycles. The fourth-order valence-corrected chi connectivity index (χ4v) is 2.56. The molecule has 1 aromatic rings. The van der Waals surface area contributed by atoms with Gasteiger partial charge in [-0.05, 0) is 37.8 Å². The molecular weight excluding hydrogens is 256 g/mol. The minimum Gasteiger partial charge on any atom is -0.465 e. The molecule has 1 heterocycles. The fourth-order valence-electron chi connectivity index (χ4n) is 2.56. The van der Waals surface area contributed by atoms with Crippen molar-refractivity contribution >= 4 is 17.3 Å². The van der Waals surface area contributed by atoms with Gasteiger partial charge in [-0.25, -0.2) is 4.79 Å². The van der Waals surface area contributed by atoms with Crippen molar-refractivity contribution < 1.29 is 14.3 Å². The van der Waals surface area contributed by atoms with E-state index in [-0.39, 0.29) is 6.04 Å². The first-order valence-corrected chi connectivity index (χ1v) is 6.94. The molecule has 1 aliphatic rings. The lowest BCUT2D eigenvalue weighted by Crippen LogP contribution is -2.31. The van der Waals surface area contributed by atoms with Gasteiger partial charge in [0.2, 0.25) is 0 Å². The summed E-state index contributed by atoms with van der Waals surface area (Å²) in [6, 6.07) is 5.65. The van der Waals surface area contributed by atoms with E-state index in [1.165, 1.54) is 7.11 Å². The molecular formula is C15H22N2O3. The van der Waals surface area contributed by atoms with Gasteiger partial charge in [-0.1, -0.05) is 6.07 Å². The number of methoxy groups -OCH3 is 1. The number of nitrogen functional groups attached to an aromatic ring is 1. The van der Waals surface area contributed by atoms with Crippen LogP contribution in [-0.2, 0) is 9.47 Å². The minimum atomic E-state index is -0.412. The average Bonchev–Trinajstić information content (AvgIpc) is 2.49. The summed E-state index contributed by atoms with van der Waals surface area (Å²) in [5.41, 5.74) is 7.68. The second-order valence-corrected chi connectivity index (χ2v) is 5.14. The van der Waals surface area contributed by atoms with Gasteiger partial charge in [0, 0.05) is 19.3 Å². The van der Waals surface area contributed by atoms with E-state index >= 15 is 0 Å². The van der Waals surface area contributed by atoms with Gasteiger partial charge in [0.1, 0.15) is 0 Å². The third kappa shape index (κ3) is 3.22. The van der Waals surface area contributed by atoms with Gasteiger partial charge in [-0.15, -0.1) is 0 Å². The Hall–Kier alpha value is -1.75. The second-order valence-electron chi connectivity index (χ2n) is 5.14. The van der Waals surface area contributed by atoms with Crippen LogP contribution in [0.3, 0.4) is 0 Å². The smallest absolute Gasteiger partial charge is 0.340 e. The van der Waals surface area contributed by atoms with Crippen LogP contribution in [0.15, 0.2) is 18.2 Å². The molecule has 5 nitrogen and oxygen atoms in total. The van der Waals surface area contributed by atoms with Crippen LogP contribution in [0.5, 0.6) is 0 Å². The number of ether oxygens (including phenoxy) is 2. The van der Waals surface area contributed by atoms with Gasteiger partial charge in [0.05, 0.1) is 24.0 Å². The Morgan fingerprint density at radius 2 is 2.15 bits per heavy atom. The number of anilines is 2. The molecule has 0 amide bonds. The SMILES string of the molecule is COC(=O)c1cccc(NC(C)C2CCOCC2)c1N. The van der Waals surface area contributed by atoms with Gasteiger partial charge in [-0.3, -0.25) is 0 Å². The number of nitrogens with one attached hydrogen (secondary N) is 1. The Kier molecular flexibility index (Phi) is 4.84. The van der Waals surface area contributed by atoms with Crippen LogP contribution in [0, 0.1) is 5.92 Å².